The van der Waals surface area contributed by atoms with Crippen LogP contribution in [0.2, 0.25) is 0 Å². The normalized spacial score (nSPS) is 18.0. The summed E-state index contributed by atoms with van der Waals surface area (Å²) in [6, 6.07) is 8.24. The maximum atomic E-state index is 12.7. The Morgan fingerprint density at radius 1 is 1.32 bits per heavy atom. The summed E-state index contributed by atoms with van der Waals surface area (Å²) in [5.41, 5.74) is 2.36. The van der Waals surface area contributed by atoms with Crippen molar-refractivity contribution in [2.45, 2.75) is 45.6 Å². The topological polar surface area (TPSA) is 55.8 Å². The second kappa shape index (κ2) is 9.56. The lowest BCUT2D eigenvalue weighted by atomic mass is 10.1. The molecule has 1 saturated heterocycles. The SMILES string of the molecule is COC(=O)C(C)CN(CC1CCCO1)C(=O)CCc1ccc(C)cc1. The van der Waals surface area contributed by atoms with E-state index >= 15 is 0 Å². The fraction of sp³-hybridized carbons (Fsp3) is 0.600. The van der Waals surface area contributed by atoms with Crippen molar-refractivity contribution < 1.29 is 19.1 Å². The largest absolute Gasteiger partial charge is 0.469 e. The van der Waals surface area contributed by atoms with Gasteiger partial charge in [-0.3, -0.25) is 9.59 Å². The fourth-order valence-corrected chi connectivity index (χ4v) is 3.08. The van der Waals surface area contributed by atoms with Gasteiger partial charge in [-0.2, -0.15) is 0 Å². The van der Waals surface area contributed by atoms with Crippen LogP contribution in [0.1, 0.15) is 37.3 Å². The van der Waals surface area contributed by atoms with E-state index in [4.69, 9.17) is 9.47 Å². The van der Waals surface area contributed by atoms with E-state index in [0.29, 0.717) is 25.9 Å². The van der Waals surface area contributed by atoms with Gasteiger partial charge in [0, 0.05) is 26.1 Å². The summed E-state index contributed by atoms with van der Waals surface area (Å²) in [5, 5.41) is 0. The molecule has 138 valence electrons. The highest BCUT2D eigenvalue weighted by molar-refractivity contribution is 5.78. The molecule has 0 saturated carbocycles. The van der Waals surface area contributed by atoms with Gasteiger partial charge in [-0.05, 0) is 31.7 Å². The van der Waals surface area contributed by atoms with Gasteiger partial charge in [0.25, 0.3) is 0 Å². The van der Waals surface area contributed by atoms with Crippen molar-refractivity contribution in [2.75, 3.05) is 26.8 Å². The maximum Gasteiger partial charge on any atom is 0.310 e. The van der Waals surface area contributed by atoms with Crippen LogP contribution in [-0.2, 0) is 25.5 Å². The van der Waals surface area contributed by atoms with Crippen LogP contribution < -0.4 is 0 Å². The van der Waals surface area contributed by atoms with Gasteiger partial charge in [0.1, 0.15) is 0 Å². The molecule has 1 fully saturated rings. The summed E-state index contributed by atoms with van der Waals surface area (Å²) in [7, 11) is 1.38. The first-order chi connectivity index (χ1) is 12.0. The molecule has 25 heavy (non-hydrogen) atoms. The average molecular weight is 347 g/mol. The highest BCUT2D eigenvalue weighted by Crippen LogP contribution is 2.16. The zero-order valence-electron chi connectivity index (χ0n) is 15.5. The van der Waals surface area contributed by atoms with E-state index in [0.717, 1.165) is 25.0 Å². The third-order valence-electron chi connectivity index (χ3n) is 4.65. The Balaban J connectivity index is 1.95. The van der Waals surface area contributed by atoms with Crippen LogP contribution in [0.5, 0.6) is 0 Å². The molecule has 0 radical (unpaired) electrons. The second-order valence-electron chi connectivity index (χ2n) is 6.84. The Morgan fingerprint density at radius 3 is 2.64 bits per heavy atom. The molecule has 1 aromatic rings. The third kappa shape index (κ3) is 6.16. The Labute approximate surface area is 150 Å². The van der Waals surface area contributed by atoms with E-state index < -0.39 is 0 Å². The summed E-state index contributed by atoms with van der Waals surface area (Å²) >= 11 is 0. The summed E-state index contributed by atoms with van der Waals surface area (Å²) < 4.78 is 10.5. The van der Waals surface area contributed by atoms with E-state index in [1.165, 1.54) is 12.7 Å². The summed E-state index contributed by atoms with van der Waals surface area (Å²) in [4.78, 5) is 26.2. The molecule has 0 aliphatic carbocycles. The molecule has 1 aliphatic rings. The predicted octanol–water partition coefficient (Wildman–Crippen LogP) is 2.74. The van der Waals surface area contributed by atoms with Crippen LogP contribution in [0.15, 0.2) is 24.3 Å². The zero-order valence-corrected chi connectivity index (χ0v) is 15.5. The lowest BCUT2D eigenvalue weighted by molar-refractivity contribution is -0.146. The van der Waals surface area contributed by atoms with Crippen molar-refractivity contribution in [2.24, 2.45) is 5.92 Å². The number of hydrogen-bond acceptors (Lipinski definition) is 4. The van der Waals surface area contributed by atoms with Gasteiger partial charge in [0.15, 0.2) is 0 Å². The monoisotopic (exact) mass is 347 g/mol. The number of aryl methyl sites for hydroxylation is 2. The van der Waals surface area contributed by atoms with Gasteiger partial charge in [-0.15, -0.1) is 0 Å². The Morgan fingerprint density at radius 2 is 2.04 bits per heavy atom. The highest BCUT2D eigenvalue weighted by atomic mass is 16.5. The number of ether oxygens (including phenoxy) is 2. The van der Waals surface area contributed by atoms with Gasteiger partial charge >= 0.3 is 5.97 Å². The third-order valence-corrected chi connectivity index (χ3v) is 4.65. The van der Waals surface area contributed by atoms with Crippen LogP contribution in [-0.4, -0.2) is 49.7 Å². The second-order valence-corrected chi connectivity index (χ2v) is 6.84. The number of esters is 1. The Kier molecular flexibility index (Phi) is 7.44. The first-order valence-electron chi connectivity index (χ1n) is 9.02. The van der Waals surface area contributed by atoms with E-state index in [-0.39, 0.29) is 23.9 Å². The number of nitrogens with zero attached hydrogens (tertiary/aromatic N) is 1. The lowest BCUT2D eigenvalue weighted by Crippen LogP contribution is -2.41. The van der Waals surface area contributed by atoms with E-state index in [9.17, 15) is 9.59 Å². The minimum Gasteiger partial charge on any atom is -0.469 e. The minimum atomic E-state index is -0.338. The van der Waals surface area contributed by atoms with E-state index in [2.05, 4.69) is 24.3 Å². The fourth-order valence-electron chi connectivity index (χ4n) is 3.08. The minimum absolute atomic E-state index is 0.0619. The Bertz CT molecular complexity index is 564. The number of amides is 1. The van der Waals surface area contributed by atoms with Crippen molar-refractivity contribution in [3.05, 3.63) is 35.4 Å². The van der Waals surface area contributed by atoms with Crippen molar-refractivity contribution in [1.82, 2.24) is 4.90 Å². The van der Waals surface area contributed by atoms with Crippen molar-refractivity contribution >= 4 is 11.9 Å². The summed E-state index contributed by atoms with van der Waals surface area (Å²) in [6.45, 7) is 5.52. The van der Waals surface area contributed by atoms with Crippen molar-refractivity contribution in [1.29, 1.82) is 0 Å². The molecule has 0 aromatic heterocycles. The summed E-state index contributed by atoms with van der Waals surface area (Å²) in [6.07, 6.45) is 3.21. The number of benzene rings is 1. The Hall–Kier alpha value is -1.88. The van der Waals surface area contributed by atoms with Gasteiger partial charge in [-0.25, -0.2) is 0 Å². The maximum absolute atomic E-state index is 12.7. The molecular formula is C20H29NO4. The van der Waals surface area contributed by atoms with Crippen LogP contribution >= 0.6 is 0 Å². The smallest absolute Gasteiger partial charge is 0.310 e. The van der Waals surface area contributed by atoms with E-state index in [1.54, 1.807) is 11.8 Å². The quantitative estimate of drug-likeness (QED) is 0.679. The van der Waals surface area contributed by atoms with Gasteiger partial charge in [0.05, 0.1) is 19.1 Å². The molecule has 1 aliphatic heterocycles. The van der Waals surface area contributed by atoms with Crippen LogP contribution in [0.25, 0.3) is 0 Å². The standard InChI is InChI=1S/C20H29NO4/c1-15-6-8-17(9-7-15)10-11-19(22)21(13-16(2)20(23)24-3)14-18-5-4-12-25-18/h6-9,16,18H,4-5,10-14H2,1-3H3. The van der Waals surface area contributed by atoms with Crippen molar-refractivity contribution in [3.8, 4) is 0 Å². The number of rotatable bonds is 8. The van der Waals surface area contributed by atoms with Gasteiger partial charge in [0.2, 0.25) is 5.91 Å². The molecule has 2 rings (SSSR count). The van der Waals surface area contributed by atoms with Crippen LogP contribution in [0, 0.1) is 12.8 Å². The molecule has 2 atom stereocenters. The number of hydrogen-bond donors (Lipinski definition) is 0. The average Bonchev–Trinajstić information content (AvgIpc) is 3.12. The molecule has 1 heterocycles. The van der Waals surface area contributed by atoms with E-state index in [1.807, 2.05) is 6.92 Å². The molecule has 0 bridgehead atoms. The number of carbonyl (C=O) groups excluding carboxylic acids is 2. The predicted molar refractivity (Wildman–Crippen MR) is 96.2 cm³/mol. The zero-order chi connectivity index (χ0) is 18.2. The molecule has 5 heteroatoms. The highest BCUT2D eigenvalue weighted by Gasteiger charge is 2.26. The van der Waals surface area contributed by atoms with Gasteiger partial charge in [-0.1, -0.05) is 36.8 Å². The molecule has 1 aromatic carbocycles. The molecule has 0 N–H and O–H groups in total. The first kappa shape index (κ1) is 19.4. The van der Waals surface area contributed by atoms with Crippen LogP contribution in [0.4, 0.5) is 0 Å². The number of carbonyl (C=O) groups is 2. The van der Waals surface area contributed by atoms with Crippen LogP contribution in [0.3, 0.4) is 0 Å². The summed E-state index contributed by atoms with van der Waals surface area (Å²) in [5.74, 6) is -0.565. The lowest BCUT2D eigenvalue weighted by Gasteiger charge is -2.27. The molecule has 2 unspecified atom stereocenters. The van der Waals surface area contributed by atoms with Crippen molar-refractivity contribution in [3.63, 3.8) is 0 Å². The molecule has 0 spiro atoms. The first-order valence-corrected chi connectivity index (χ1v) is 9.02. The molecule has 1 amide bonds. The number of methoxy groups -OCH3 is 1. The molecule has 5 nitrogen and oxygen atoms in total. The van der Waals surface area contributed by atoms with Gasteiger partial charge < -0.3 is 14.4 Å². The molecular weight excluding hydrogens is 318 g/mol.